The van der Waals surface area contributed by atoms with Crippen molar-refractivity contribution in [1.29, 1.82) is 0 Å². The van der Waals surface area contributed by atoms with Crippen molar-refractivity contribution in [2.24, 2.45) is 13.0 Å². The number of fused-ring (bicyclic) bond motifs is 1. The number of amides is 1. The number of hydrogen-bond acceptors (Lipinski definition) is 4. The van der Waals surface area contributed by atoms with Gasteiger partial charge in [0.05, 0.1) is 11.6 Å². The normalized spacial score (nSPS) is 16.2. The highest BCUT2D eigenvalue weighted by Gasteiger charge is 2.17. The standard InChI is InChI=1S/C23H27N3O3/c1-15-10-12-26(13-11-15)19-7-4-17(5-8-19)16(2)24-22(27)18-6-9-21-20(14-18)25(3)23(28)29-21/h4-9,14-16H,10-13H2,1-3H3,(H,24,27)/t16-/m0/s1. The predicted molar refractivity (Wildman–Crippen MR) is 114 cm³/mol. The summed E-state index contributed by atoms with van der Waals surface area (Å²) in [6.45, 7) is 6.49. The fourth-order valence-corrected chi connectivity index (χ4v) is 3.87. The van der Waals surface area contributed by atoms with Crippen LogP contribution < -0.4 is 16.0 Å². The van der Waals surface area contributed by atoms with Gasteiger partial charge < -0.3 is 14.6 Å². The third-order valence-corrected chi connectivity index (χ3v) is 5.94. The molecule has 2 aromatic carbocycles. The van der Waals surface area contributed by atoms with Gasteiger partial charge in [-0.1, -0.05) is 19.1 Å². The molecule has 1 aliphatic heterocycles. The average Bonchev–Trinajstić information content (AvgIpc) is 3.02. The average molecular weight is 393 g/mol. The Labute approximate surface area is 170 Å². The Kier molecular flexibility index (Phi) is 5.18. The number of nitrogens with one attached hydrogen (secondary N) is 1. The minimum Gasteiger partial charge on any atom is -0.408 e. The fourth-order valence-electron chi connectivity index (χ4n) is 3.87. The van der Waals surface area contributed by atoms with Crippen LogP contribution in [0.3, 0.4) is 0 Å². The molecule has 0 bridgehead atoms. The van der Waals surface area contributed by atoms with Gasteiger partial charge in [-0.2, -0.15) is 0 Å². The second kappa shape index (κ2) is 7.78. The highest BCUT2D eigenvalue weighted by molar-refractivity contribution is 5.97. The first kappa shape index (κ1) is 19.3. The maximum absolute atomic E-state index is 12.7. The number of nitrogens with zero attached hydrogens (tertiary/aromatic N) is 2. The third-order valence-electron chi connectivity index (χ3n) is 5.94. The summed E-state index contributed by atoms with van der Waals surface area (Å²) in [6.07, 6.45) is 2.47. The number of oxazole rings is 1. The molecule has 0 radical (unpaired) electrons. The number of aromatic nitrogens is 1. The van der Waals surface area contributed by atoms with Crippen LogP contribution in [0.4, 0.5) is 5.69 Å². The zero-order chi connectivity index (χ0) is 20.5. The van der Waals surface area contributed by atoms with Crippen LogP contribution in [0, 0.1) is 5.92 Å². The molecule has 1 atom stereocenters. The summed E-state index contributed by atoms with van der Waals surface area (Å²) >= 11 is 0. The molecule has 2 heterocycles. The van der Waals surface area contributed by atoms with Gasteiger partial charge in [-0.3, -0.25) is 9.36 Å². The van der Waals surface area contributed by atoms with Crippen molar-refractivity contribution in [2.75, 3.05) is 18.0 Å². The Balaban J connectivity index is 1.44. The second-order valence-corrected chi connectivity index (χ2v) is 8.07. The van der Waals surface area contributed by atoms with E-state index >= 15 is 0 Å². The molecule has 152 valence electrons. The lowest BCUT2D eigenvalue weighted by Gasteiger charge is -2.32. The molecule has 6 nitrogen and oxygen atoms in total. The minimum atomic E-state index is -0.436. The number of aryl methyl sites for hydroxylation is 1. The zero-order valence-electron chi connectivity index (χ0n) is 17.1. The Bertz CT molecular complexity index is 1070. The third kappa shape index (κ3) is 3.92. The first-order valence-corrected chi connectivity index (χ1v) is 10.2. The lowest BCUT2D eigenvalue weighted by molar-refractivity contribution is 0.0940. The number of piperidine rings is 1. The highest BCUT2D eigenvalue weighted by atomic mass is 16.4. The molecule has 3 aromatic rings. The number of carbonyl (C=O) groups excluding carboxylic acids is 1. The number of carbonyl (C=O) groups is 1. The van der Waals surface area contributed by atoms with Crippen molar-refractivity contribution in [1.82, 2.24) is 9.88 Å². The van der Waals surface area contributed by atoms with Crippen LogP contribution in [-0.2, 0) is 7.05 Å². The van der Waals surface area contributed by atoms with Gasteiger partial charge in [-0.05, 0) is 61.6 Å². The molecule has 0 unspecified atom stereocenters. The number of rotatable bonds is 4. The van der Waals surface area contributed by atoms with Crippen molar-refractivity contribution < 1.29 is 9.21 Å². The van der Waals surface area contributed by atoms with Crippen molar-refractivity contribution in [3.05, 3.63) is 64.1 Å². The monoisotopic (exact) mass is 393 g/mol. The van der Waals surface area contributed by atoms with Crippen LogP contribution in [-0.4, -0.2) is 23.6 Å². The smallest absolute Gasteiger partial charge is 0.408 e. The lowest BCUT2D eigenvalue weighted by atomic mass is 9.98. The molecule has 29 heavy (non-hydrogen) atoms. The van der Waals surface area contributed by atoms with Crippen molar-refractivity contribution >= 4 is 22.7 Å². The predicted octanol–water partition coefficient (Wildman–Crippen LogP) is 3.86. The first-order valence-electron chi connectivity index (χ1n) is 10.2. The Morgan fingerprint density at radius 3 is 2.52 bits per heavy atom. The van der Waals surface area contributed by atoms with Gasteiger partial charge in [0.1, 0.15) is 0 Å². The summed E-state index contributed by atoms with van der Waals surface area (Å²) in [6, 6.07) is 13.3. The van der Waals surface area contributed by atoms with E-state index in [9.17, 15) is 9.59 Å². The maximum atomic E-state index is 12.7. The van der Waals surface area contributed by atoms with Crippen LogP contribution in [0.15, 0.2) is 51.7 Å². The van der Waals surface area contributed by atoms with E-state index in [2.05, 4.69) is 41.4 Å². The molecular formula is C23H27N3O3. The second-order valence-electron chi connectivity index (χ2n) is 8.07. The van der Waals surface area contributed by atoms with Crippen molar-refractivity contribution in [3.63, 3.8) is 0 Å². The first-order chi connectivity index (χ1) is 13.9. The van der Waals surface area contributed by atoms with E-state index in [0.717, 1.165) is 24.6 Å². The Morgan fingerprint density at radius 2 is 1.83 bits per heavy atom. The maximum Gasteiger partial charge on any atom is 0.419 e. The van der Waals surface area contributed by atoms with Crippen molar-refractivity contribution in [3.8, 4) is 0 Å². The summed E-state index contributed by atoms with van der Waals surface area (Å²) in [5.41, 5.74) is 3.88. The summed E-state index contributed by atoms with van der Waals surface area (Å²) in [4.78, 5) is 26.8. The molecule has 1 fully saturated rings. The van der Waals surface area contributed by atoms with Gasteiger partial charge in [0.25, 0.3) is 5.91 Å². The summed E-state index contributed by atoms with van der Waals surface area (Å²) in [5, 5.41) is 3.04. The van der Waals surface area contributed by atoms with Gasteiger partial charge in [-0.15, -0.1) is 0 Å². The van der Waals surface area contributed by atoms with E-state index in [1.807, 2.05) is 6.92 Å². The van der Waals surface area contributed by atoms with Gasteiger partial charge >= 0.3 is 5.76 Å². The topological polar surface area (TPSA) is 67.5 Å². The molecule has 0 saturated carbocycles. The van der Waals surface area contributed by atoms with Crippen LogP contribution in [0.1, 0.15) is 48.7 Å². The van der Waals surface area contributed by atoms with E-state index in [4.69, 9.17) is 4.42 Å². The fraction of sp³-hybridized carbons (Fsp3) is 0.391. The molecular weight excluding hydrogens is 366 g/mol. The lowest BCUT2D eigenvalue weighted by Crippen LogP contribution is -2.32. The van der Waals surface area contributed by atoms with Gasteiger partial charge in [0, 0.05) is 31.4 Å². The minimum absolute atomic E-state index is 0.123. The molecule has 1 aromatic heterocycles. The van der Waals surface area contributed by atoms with Crippen LogP contribution in [0.5, 0.6) is 0 Å². The molecule has 1 N–H and O–H groups in total. The summed E-state index contributed by atoms with van der Waals surface area (Å²) < 4.78 is 6.52. The van der Waals surface area contributed by atoms with E-state index in [1.165, 1.54) is 23.1 Å². The largest absolute Gasteiger partial charge is 0.419 e. The number of anilines is 1. The van der Waals surface area contributed by atoms with Crippen LogP contribution in [0.25, 0.3) is 11.1 Å². The number of benzene rings is 2. The van der Waals surface area contributed by atoms with Gasteiger partial charge in [0.15, 0.2) is 5.58 Å². The zero-order valence-corrected chi connectivity index (χ0v) is 17.1. The Hall–Kier alpha value is -3.02. The quantitative estimate of drug-likeness (QED) is 0.731. The SMILES string of the molecule is CC1CCN(c2ccc([C@H](C)NC(=O)c3ccc4oc(=O)n(C)c4c3)cc2)CC1. The van der Waals surface area contributed by atoms with Gasteiger partial charge in [-0.25, -0.2) is 4.79 Å². The molecule has 4 rings (SSSR count). The summed E-state index contributed by atoms with van der Waals surface area (Å²) in [5.74, 6) is 0.195. The highest BCUT2D eigenvalue weighted by Crippen LogP contribution is 2.25. The van der Waals surface area contributed by atoms with E-state index < -0.39 is 5.76 Å². The Morgan fingerprint density at radius 1 is 1.14 bits per heavy atom. The molecule has 0 spiro atoms. The molecule has 1 aliphatic rings. The van der Waals surface area contributed by atoms with Gasteiger partial charge in [0.2, 0.25) is 0 Å². The van der Waals surface area contributed by atoms with E-state index in [-0.39, 0.29) is 11.9 Å². The summed E-state index contributed by atoms with van der Waals surface area (Å²) in [7, 11) is 1.63. The van der Waals surface area contributed by atoms with Crippen LogP contribution >= 0.6 is 0 Å². The van der Waals surface area contributed by atoms with E-state index in [0.29, 0.717) is 16.7 Å². The van der Waals surface area contributed by atoms with Crippen LogP contribution in [0.2, 0.25) is 0 Å². The van der Waals surface area contributed by atoms with Crippen molar-refractivity contribution in [2.45, 2.75) is 32.7 Å². The molecule has 1 saturated heterocycles. The van der Waals surface area contributed by atoms with E-state index in [1.54, 1.807) is 25.2 Å². The molecule has 0 aliphatic carbocycles. The molecule has 6 heteroatoms. The number of hydrogen-bond donors (Lipinski definition) is 1. The molecule has 1 amide bonds.